The van der Waals surface area contributed by atoms with Gasteiger partial charge in [0.15, 0.2) is 0 Å². The Morgan fingerprint density at radius 1 is 1.73 bits per heavy atom. The number of methoxy groups -OCH3 is 1. The number of nitrogens with one attached hydrogen (secondary N) is 1. The summed E-state index contributed by atoms with van der Waals surface area (Å²) in [5, 5.41) is 2.90. The molecule has 0 aromatic heterocycles. The molecule has 0 unspecified atom stereocenters. The number of rotatable bonds is 4. The molecule has 1 heterocycles. The van der Waals surface area contributed by atoms with Gasteiger partial charge in [0.25, 0.3) is 0 Å². The highest BCUT2D eigenvalue weighted by Gasteiger charge is 2.45. The predicted molar refractivity (Wildman–Crippen MR) is 59.5 cm³/mol. The molecule has 0 aliphatic carbocycles. The minimum atomic E-state index is -0.968. The number of hydrogen-bond donors (Lipinski definition) is 1. The molecule has 0 amide bonds. The van der Waals surface area contributed by atoms with Crippen molar-refractivity contribution in [2.24, 2.45) is 0 Å². The van der Waals surface area contributed by atoms with Crippen molar-refractivity contribution in [3.8, 4) is 0 Å². The number of halogens is 3. The fourth-order valence-corrected chi connectivity index (χ4v) is 1.97. The van der Waals surface area contributed by atoms with Crippen LogP contribution in [-0.2, 0) is 9.53 Å². The minimum Gasteiger partial charge on any atom is -0.468 e. The first-order valence-electron chi connectivity index (χ1n) is 4.68. The summed E-state index contributed by atoms with van der Waals surface area (Å²) in [4.78, 5) is 11.5. The Bertz CT molecular complexity index is 218. The SMILES string of the molecule is COC(=O)[C@@]1(CCCCl)C[C@H](F)CN1.Cl. The molecular weight excluding hydrogens is 244 g/mol. The molecule has 2 atom stereocenters. The number of carbonyl (C=O) groups is 1. The topological polar surface area (TPSA) is 38.3 Å². The van der Waals surface area contributed by atoms with E-state index in [1.165, 1.54) is 7.11 Å². The molecule has 1 aliphatic rings. The summed E-state index contributed by atoms with van der Waals surface area (Å²) < 4.78 is 17.7. The van der Waals surface area contributed by atoms with Gasteiger partial charge in [0.1, 0.15) is 11.7 Å². The zero-order chi connectivity index (χ0) is 10.6. The van der Waals surface area contributed by atoms with Crippen molar-refractivity contribution >= 4 is 30.0 Å². The van der Waals surface area contributed by atoms with Crippen LogP contribution in [0.15, 0.2) is 0 Å². The number of esters is 1. The third-order valence-corrected chi connectivity index (χ3v) is 2.81. The first-order chi connectivity index (χ1) is 6.64. The van der Waals surface area contributed by atoms with Gasteiger partial charge in [0, 0.05) is 18.8 Å². The number of carbonyl (C=O) groups excluding carboxylic acids is 1. The molecular formula is C9H16Cl2FNO2. The normalized spacial score (nSPS) is 29.7. The monoisotopic (exact) mass is 259 g/mol. The first-order valence-corrected chi connectivity index (χ1v) is 5.21. The summed E-state index contributed by atoms with van der Waals surface area (Å²) in [6.07, 6.45) is 0.431. The zero-order valence-electron chi connectivity index (χ0n) is 8.59. The summed E-state index contributed by atoms with van der Waals surface area (Å²) >= 11 is 5.55. The quantitative estimate of drug-likeness (QED) is 0.617. The van der Waals surface area contributed by atoms with Gasteiger partial charge < -0.3 is 4.74 Å². The third kappa shape index (κ3) is 3.47. The molecule has 0 aromatic rings. The molecule has 90 valence electrons. The smallest absolute Gasteiger partial charge is 0.326 e. The van der Waals surface area contributed by atoms with Gasteiger partial charge in [-0.25, -0.2) is 4.39 Å². The molecule has 0 saturated carbocycles. The van der Waals surface area contributed by atoms with Crippen LogP contribution in [0.25, 0.3) is 0 Å². The van der Waals surface area contributed by atoms with Gasteiger partial charge in [0.05, 0.1) is 7.11 Å². The van der Waals surface area contributed by atoms with E-state index in [9.17, 15) is 9.18 Å². The first kappa shape index (κ1) is 14.9. The lowest BCUT2D eigenvalue weighted by atomic mass is 9.91. The molecule has 0 spiro atoms. The summed E-state index contributed by atoms with van der Waals surface area (Å²) in [6, 6.07) is 0. The van der Waals surface area contributed by atoms with E-state index in [1.807, 2.05) is 0 Å². The van der Waals surface area contributed by atoms with Gasteiger partial charge in [-0.15, -0.1) is 24.0 Å². The van der Waals surface area contributed by atoms with Crippen molar-refractivity contribution < 1.29 is 13.9 Å². The van der Waals surface area contributed by atoms with Crippen LogP contribution in [0.5, 0.6) is 0 Å². The van der Waals surface area contributed by atoms with E-state index in [-0.39, 0.29) is 31.3 Å². The molecule has 0 bridgehead atoms. The van der Waals surface area contributed by atoms with Crippen LogP contribution in [0.4, 0.5) is 4.39 Å². The Balaban J connectivity index is 0.00000196. The van der Waals surface area contributed by atoms with E-state index in [2.05, 4.69) is 10.1 Å². The van der Waals surface area contributed by atoms with Gasteiger partial charge in [-0.1, -0.05) is 0 Å². The maximum atomic E-state index is 13.0. The number of hydrogen-bond acceptors (Lipinski definition) is 3. The molecule has 3 nitrogen and oxygen atoms in total. The van der Waals surface area contributed by atoms with Crippen molar-refractivity contribution in [1.82, 2.24) is 5.32 Å². The van der Waals surface area contributed by atoms with Gasteiger partial charge in [0.2, 0.25) is 0 Å². The Labute approximate surface area is 100 Å². The molecule has 1 N–H and O–H groups in total. The van der Waals surface area contributed by atoms with E-state index >= 15 is 0 Å². The van der Waals surface area contributed by atoms with E-state index in [4.69, 9.17) is 11.6 Å². The van der Waals surface area contributed by atoms with Crippen molar-refractivity contribution in [3.63, 3.8) is 0 Å². The lowest BCUT2D eigenvalue weighted by Crippen LogP contribution is -2.48. The molecule has 1 fully saturated rings. The molecule has 1 aliphatic heterocycles. The Kier molecular flexibility index (Phi) is 6.48. The molecule has 6 heteroatoms. The minimum absolute atomic E-state index is 0. The van der Waals surface area contributed by atoms with Crippen LogP contribution in [-0.4, -0.2) is 37.2 Å². The highest BCUT2D eigenvalue weighted by molar-refractivity contribution is 6.17. The standard InChI is InChI=1S/C9H15ClFNO2.ClH/c1-14-8(13)9(3-2-4-10)5-7(11)6-12-9;/h7,12H,2-6H2,1H3;1H/t7-,9+;/m0./s1. The molecule has 1 saturated heterocycles. The average Bonchev–Trinajstić information content (AvgIpc) is 2.57. The van der Waals surface area contributed by atoms with Crippen molar-refractivity contribution in [1.29, 1.82) is 0 Å². The van der Waals surface area contributed by atoms with Gasteiger partial charge in [-0.3, -0.25) is 10.1 Å². The van der Waals surface area contributed by atoms with E-state index in [0.29, 0.717) is 18.7 Å². The summed E-state index contributed by atoms with van der Waals surface area (Å²) in [6.45, 7) is 0.220. The van der Waals surface area contributed by atoms with Gasteiger partial charge >= 0.3 is 5.97 Å². The van der Waals surface area contributed by atoms with Crippen LogP contribution >= 0.6 is 24.0 Å². The van der Waals surface area contributed by atoms with Crippen molar-refractivity contribution in [2.45, 2.75) is 31.0 Å². The van der Waals surface area contributed by atoms with Crippen LogP contribution < -0.4 is 5.32 Å². The fraction of sp³-hybridized carbons (Fsp3) is 0.889. The predicted octanol–water partition coefficient (Wildman–Crippen LogP) is 1.67. The average molecular weight is 260 g/mol. The largest absolute Gasteiger partial charge is 0.468 e. The van der Waals surface area contributed by atoms with Crippen LogP contribution in [0.3, 0.4) is 0 Å². The van der Waals surface area contributed by atoms with Crippen LogP contribution in [0, 0.1) is 0 Å². The Hall–Kier alpha value is -0.0600. The third-order valence-electron chi connectivity index (χ3n) is 2.55. The van der Waals surface area contributed by atoms with Crippen LogP contribution in [0.1, 0.15) is 19.3 Å². The molecule has 0 radical (unpaired) electrons. The fourth-order valence-electron chi connectivity index (χ4n) is 1.84. The van der Waals surface area contributed by atoms with Crippen LogP contribution in [0.2, 0.25) is 0 Å². The second-order valence-electron chi connectivity index (χ2n) is 3.55. The van der Waals surface area contributed by atoms with Crippen molar-refractivity contribution in [3.05, 3.63) is 0 Å². The summed E-state index contributed by atoms with van der Waals surface area (Å²) in [7, 11) is 1.32. The summed E-state index contributed by atoms with van der Waals surface area (Å²) in [5.74, 6) is 0.0833. The zero-order valence-corrected chi connectivity index (χ0v) is 10.2. The van der Waals surface area contributed by atoms with E-state index < -0.39 is 11.7 Å². The molecule has 15 heavy (non-hydrogen) atoms. The maximum absolute atomic E-state index is 13.0. The van der Waals surface area contributed by atoms with Gasteiger partial charge in [-0.05, 0) is 12.8 Å². The van der Waals surface area contributed by atoms with E-state index in [0.717, 1.165) is 0 Å². The van der Waals surface area contributed by atoms with Crippen molar-refractivity contribution in [2.75, 3.05) is 19.5 Å². The number of ether oxygens (including phenoxy) is 1. The highest BCUT2D eigenvalue weighted by Crippen LogP contribution is 2.28. The Morgan fingerprint density at radius 3 is 2.80 bits per heavy atom. The maximum Gasteiger partial charge on any atom is 0.326 e. The molecule has 0 aromatic carbocycles. The second kappa shape index (κ2) is 6.51. The summed E-state index contributed by atoms with van der Waals surface area (Å²) in [5.41, 5.74) is -0.844. The van der Waals surface area contributed by atoms with Gasteiger partial charge in [-0.2, -0.15) is 0 Å². The lowest BCUT2D eigenvalue weighted by Gasteiger charge is -2.25. The van der Waals surface area contributed by atoms with E-state index in [1.54, 1.807) is 0 Å². The lowest BCUT2D eigenvalue weighted by molar-refractivity contribution is -0.148. The highest BCUT2D eigenvalue weighted by atomic mass is 35.5. The second-order valence-corrected chi connectivity index (χ2v) is 3.93. The molecule has 1 rings (SSSR count). The Morgan fingerprint density at radius 2 is 2.40 bits per heavy atom. The number of alkyl halides is 2.